The molecule has 0 atom stereocenters. The maximum Gasteiger partial charge on any atom is 0.352 e. The maximum absolute atomic E-state index is 10.9. The number of allylic oxidation sites excluding steroid dienone is 1. The molecular weight excluding hydrogens is 337 g/mol. The van der Waals surface area contributed by atoms with Crippen molar-refractivity contribution < 1.29 is 9.90 Å². The molecule has 1 aliphatic rings. The van der Waals surface area contributed by atoms with Gasteiger partial charge in [0.1, 0.15) is 5.69 Å². The molecule has 122 valence electrons. The van der Waals surface area contributed by atoms with E-state index in [-0.39, 0.29) is 30.5 Å². The lowest BCUT2D eigenvalue weighted by molar-refractivity contribution is 0.0691. The Hall–Kier alpha value is -2.11. The van der Waals surface area contributed by atoms with Crippen LogP contribution < -0.4 is 0 Å². The van der Waals surface area contributed by atoms with E-state index in [0.29, 0.717) is 0 Å². The number of carboxylic acids is 1. The van der Waals surface area contributed by atoms with E-state index in [4.69, 9.17) is 5.11 Å². The zero-order chi connectivity index (χ0) is 14.7. The van der Waals surface area contributed by atoms with E-state index < -0.39 is 5.97 Å². The van der Waals surface area contributed by atoms with Crippen molar-refractivity contribution in [3.8, 4) is 0 Å². The predicted molar refractivity (Wildman–Crippen MR) is 95.1 cm³/mol. The fraction of sp³-hybridized carbons (Fsp3) is 0.188. The minimum atomic E-state index is -0.954. The van der Waals surface area contributed by atoms with Gasteiger partial charge in [-0.1, -0.05) is 0 Å². The van der Waals surface area contributed by atoms with Crippen molar-refractivity contribution in [2.75, 3.05) is 6.54 Å². The van der Waals surface area contributed by atoms with E-state index >= 15 is 0 Å². The van der Waals surface area contributed by atoms with Crippen LogP contribution in [-0.4, -0.2) is 33.3 Å². The molecule has 3 rings (SSSR count). The first kappa shape index (κ1) is 18.9. The second-order valence-electron chi connectivity index (χ2n) is 4.88. The number of hydrogen-bond donors (Lipinski definition) is 2. The lowest BCUT2D eigenvalue weighted by atomic mass is 9.96. The number of aromatic carboxylic acids is 1. The molecular formula is C16H17Cl2N3O2. The number of hydrogen-bond acceptors (Lipinski definition) is 3. The van der Waals surface area contributed by atoms with E-state index in [9.17, 15) is 4.79 Å². The number of pyridine rings is 1. The predicted octanol–water partition coefficient (Wildman–Crippen LogP) is 3.62. The summed E-state index contributed by atoms with van der Waals surface area (Å²) in [5.74, 6) is -0.954. The number of nitrogens with zero attached hydrogens (tertiary/aromatic N) is 2. The van der Waals surface area contributed by atoms with Crippen molar-refractivity contribution >= 4 is 42.6 Å². The highest BCUT2D eigenvalue weighted by Crippen LogP contribution is 2.21. The van der Waals surface area contributed by atoms with Crippen molar-refractivity contribution in [2.45, 2.75) is 12.8 Å². The topological polar surface area (TPSA) is 78.3 Å². The number of aromatic amines is 1. The monoisotopic (exact) mass is 353 g/mol. The summed E-state index contributed by atoms with van der Waals surface area (Å²) in [6.07, 6.45) is 7.43. The van der Waals surface area contributed by atoms with Gasteiger partial charge in [-0.3, -0.25) is 9.98 Å². The lowest BCUT2D eigenvalue weighted by Crippen LogP contribution is -2.12. The SMILES string of the molecule is Cl.Cl.O=C(O)c1ccc(C=C2CCCN=C2c2cccnc2)[nH]1. The minimum Gasteiger partial charge on any atom is -0.477 e. The van der Waals surface area contributed by atoms with Crippen molar-refractivity contribution in [3.63, 3.8) is 0 Å². The number of carbonyl (C=O) groups is 1. The molecule has 0 aliphatic carbocycles. The van der Waals surface area contributed by atoms with Gasteiger partial charge < -0.3 is 10.1 Å². The number of halogens is 2. The minimum absolute atomic E-state index is 0. The Kier molecular flexibility index (Phi) is 7.00. The highest BCUT2D eigenvalue weighted by Gasteiger charge is 2.15. The molecule has 0 unspecified atom stereocenters. The Labute approximate surface area is 146 Å². The molecule has 23 heavy (non-hydrogen) atoms. The normalized spacial score (nSPS) is 15.3. The third kappa shape index (κ3) is 4.43. The molecule has 2 aromatic rings. The number of H-pyrrole nitrogens is 1. The molecule has 3 heterocycles. The number of carboxylic acid groups (broad SMARTS) is 1. The Morgan fingerprint density at radius 1 is 1.26 bits per heavy atom. The molecule has 0 radical (unpaired) electrons. The number of nitrogens with one attached hydrogen (secondary N) is 1. The Morgan fingerprint density at radius 2 is 2.09 bits per heavy atom. The maximum atomic E-state index is 10.9. The summed E-state index contributed by atoms with van der Waals surface area (Å²) >= 11 is 0. The number of aromatic nitrogens is 2. The van der Waals surface area contributed by atoms with E-state index in [0.717, 1.165) is 41.9 Å². The van der Waals surface area contributed by atoms with E-state index in [2.05, 4.69) is 15.0 Å². The summed E-state index contributed by atoms with van der Waals surface area (Å²) in [5, 5.41) is 8.95. The summed E-state index contributed by atoms with van der Waals surface area (Å²) in [6, 6.07) is 7.22. The number of rotatable bonds is 3. The van der Waals surface area contributed by atoms with Gasteiger partial charge in [-0.2, -0.15) is 0 Å². The average Bonchev–Trinajstić information content (AvgIpc) is 2.98. The zero-order valence-electron chi connectivity index (χ0n) is 12.2. The largest absolute Gasteiger partial charge is 0.477 e. The van der Waals surface area contributed by atoms with Crippen molar-refractivity contribution in [2.24, 2.45) is 4.99 Å². The Balaban J connectivity index is 0.00000132. The molecule has 0 amide bonds. The van der Waals surface area contributed by atoms with Crippen LogP contribution in [0.5, 0.6) is 0 Å². The van der Waals surface area contributed by atoms with Crippen LogP contribution in [0.2, 0.25) is 0 Å². The van der Waals surface area contributed by atoms with Gasteiger partial charge in [0.25, 0.3) is 0 Å². The summed E-state index contributed by atoms with van der Waals surface area (Å²) in [7, 11) is 0. The van der Waals surface area contributed by atoms with Crippen molar-refractivity contribution in [3.05, 3.63) is 59.2 Å². The first-order valence-corrected chi connectivity index (χ1v) is 6.82. The van der Waals surface area contributed by atoms with Crippen LogP contribution in [0.4, 0.5) is 0 Å². The molecule has 2 aromatic heterocycles. The van der Waals surface area contributed by atoms with E-state index in [1.54, 1.807) is 24.5 Å². The van der Waals surface area contributed by atoms with Crippen LogP contribution in [0.3, 0.4) is 0 Å². The molecule has 7 heteroatoms. The quantitative estimate of drug-likeness (QED) is 0.884. The fourth-order valence-electron chi connectivity index (χ4n) is 2.41. The van der Waals surface area contributed by atoms with Crippen LogP contribution in [0.15, 0.2) is 47.2 Å². The van der Waals surface area contributed by atoms with E-state index in [1.807, 2.05) is 18.2 Å². The summed E-state index contributed by atoms with van der Waals surface area (Å²) in [5.41, 5.74) is 4.01. The molecule has 0 bridgehead atoms. The molecule has 0 spiro atoms. The van der Waals surface area contributed by atoms with Crippen LogP contribution in [0, 0.1) is 0 Å². The molecule has 2 N–H and O–H groups in total. The highest BCUT2D eigenvalue weighted by atomic mass is 35.5. The van der Waals surface area contributed by atoms with Gasteiger partial charge >= 0.3 is 5.97 Å². The highest BCUT2D eigenvalue weighted by molar-refractivity contribution is 6.15. The first-order chi connectivity index (χ1) is 10.2. The third-order valence-electron chi connectivity index (χ3n) is 3.38. The Morgan fingerprint density at radius 3 is 2.74 bits per heavy atom. The smallest absolute Gasteiger partial charge is 0.352 e. The standard InChI is InChI=1S/C16H15N3O2.2ClH/c20-16(21)14-6-5-13(19-14)9-11-3-2-8-18-15(11)12-4-1-7-17-10-12;;/h1,4-7,9-10,19H,2-3,8H2,(H,20,21);2*1H. The number of aliphatic imine (C=N–C) groups is 1. The zero-order valence-corrected chi connectivity index (χ0v) is 13.9. The van der Waals surface area contributed by atoms with Gasteiger partial charge in [-0.05, 0) is 48.8 Å². The van der Waals surface area contributed by atoms with Gasteiger partial charge in [-0.25, -0.2) is 4.79 Å². The summed E-state index contributed by atoms with van der Waals surface area (Å²) in [6.45, 7) is 0.812. The summed E-state index contributed by atoms with van der Waals surface area (Å²) < 4.78 is 0. The van der Waals surface area contributed by atoms with Gasteiger partial charge in [0, 0.05) is 30.2 Å². The van der Waals surface area contributed by atoms with Gasteiger partial charge in [0.05, 0.1) is 5.71 Å². The van der Waals surface area contributed by atoms with Crippen LogP contribution in [-0.2, 0) is 0 Å². The van der Waals surface area contributed by atoms with Gasteiger partial charge in [-0.15, -0.1) is 24.8 Å². The fourth-order valence-corrected chi connectivity index (χ4v) is 2.41. The molecule has 0 saturated heterocycles. The van der Waals surface area contributed by atoms with Crippen LogP contribution >= 0.6 is 24.8 Å². The molecule has 5 nitrogen and oxygen atoms in total. The molecule has 0 fully saturated rings. The summed E-state index contributed by atoms with van der Waals surface area (Å²) in [4.78, 5) is 22.5. The van der Waals surface area contributed by atoms with E-state index in [1.165, 1.54) is 0 Å². The molecule has 0 aromatic carbocycles. The molecule has 0 saturated carbocycles. The Bertz CT molecular complexity index is 724. The third-order valence-corrected chi connectivity index (χ3v) is 3.38. The average molecular weight is 354 g/mol. The molecule has 1 aliphatic heterocycles. The van der Waals surface area contributed by atoms with Gasteiger partial charge in [0.15, 0.2) is 0 Å². The van der Waals surface area contributed by atoms with Crippen LogP contribution in [0.25, 0.3) is 6.08 Å². The second kappa shape index (κ2) is 8.50. The van der Waals surface area contributed by atoms with Crippen molar-refractivity contribution in [1.29, 1.82) is 0 Å². The van der Waals surface area contributed by atoms with Gasteiger partial charge in [0.2, 0.25) is 0 Å². The first-order valence-electron chi connectivity index (χ1n) is 6.82. The van der Waals surface area contributed by atoms with Crippen molar-refractivity contribution in [1.82, 2.24) is 9.97 Å². The second-order valence-corrected chi connectivity index (χ2v) is 4.88. The lowest BCUT2D eigenvalue weighted by Gasteiger charge is -2.16. The van der Waals surface area contributed by atoms with Crippen LogP contribution in [0.1, 0.15) is 34.6 Å².